The third-order valence-corrected chi connectivity index (χ3v) is 2.46. The Labute approximate surface area is 108 Å². The number of aromatic nitrogens is 2. The van der Waals surface area contributed by atoms with Crippen molar-refractivity contribution in [1.82, 2.24) is 10.1 Å². The highest BCUT2D eigenvalue weighted by atomic mass is 16.6. The molecular formula is C11H12N4O4. The highest BCUT2D eigenvalue weighted by Crippen LogP contribution is 2.34. The number of ether oxygens (including phenoxy) is 1. The summed E-state index contributed by atoms with van der Waals surface area (Å²) in [5, 5.41) is 17.5. The maximum absolute atomic E-state index is 11.0. The quantitative estimate of drug-likeness (QED) is 0.624. The van der Waals surface area contributed by atoms with Crippen LogP contribution in [0.1, 0.15) is 5.89 Å². The lowest BCUT2D eigenvalue weighted by atomic mass is 10.2. The molecule has 0 amide bonds. The number of hydrogen-bond acceptors (Lipinski definition) is 7. The summed E-state index contributed by atoms with van der Waals surface area (Å²) in [7, 11) is 1.39. The standard InChI is InChI=1S/C11H12N4O4/c1-18-9-4-2-3-8(11(9)15(16)17)12-6-5-10-13-7-14-19-10/h2-4,7,12H,5-6H2,1H3. The van der Waals surface area contributed by atoms with Crippen molar-refractivity contribution in [3.63, 3.8) is 0 Å². The van der Waals surface area contributed by atoms with Crippen LogP contribution in [-0.4, -0.2) is 28.7 Å². The Morgan fingerprint density at radius 1 is 1.53 bits per heavy atom. The smallest absolute Gasteiger partial charge is 0.333 e. The predicted molar refractivity (Wildman–Crippen MR) is 66.1 cm³/mol. The van der Waals surface area contributed by atoms with Crippen LogP contribution in [0.2, 0.25) is 0 Å². The van der Waals surface area contributed by atoms with Gasteiger partial charge in [-0.15, -0.1) is 0 Å². The Bertz CT molecular complexity index is 556. The molecule has 0 saturated heterocycles. The van der Waals surface area contributed by atoms with E-state index in [1.54, 1.807) is 18.2 Å². The number of anilines is 1. The molecule has 8 nitrogen and oxygen atoms in total. The molecule has 0 saturated carbocycles. The number of para-hydroxylation sites is 1. The van der Waals surface area contributed by atoms with E-state index in [-0.39, 0.29) is 11.4 Å². The average molecular weight is 264 g/mol. The molecule has 0 aliphatic heterocycles. The summed E-state index contributed by atoms with van der Waals surface area (Å²) in [4.78, 5) is 14.4. The number of nitro groups is 1. The van der Waals surface area contributed by atoms with Gasteiger partial charge in [0.2, 0.25) is 5.89 Å². The first-order valence-electron chi connectivity index (χ1n) is 5.53. The van der Waals surface area contributed by atoms with Crippen LogP contribution in [0, 0.1) is 10.1 Å². The van der Waals surface area contributed by atoms with Gasteiger partial charge < -0.3 is 14.6 Å². The molecule has 1 N–H and O–H groups in total. The van der Waals surface area contributed by atoms with Crippen LogP contribution in [0.5, 0.6) is 5.75 Å². The van der Waals surface area contributed by atoms with E-state index in [0.29, 0.717) is 24.5 Å². The van der Waals surface area contributed by atoms with Crippen molar-refractivity contribution in [3.8, 4) is 5.75 Å². The third kappa shape index (κ3) is 2.97. The lowest BCUT2D eigenvalue weighted by molar-refractivity contribution is -0.384. The zero-order valence-corrected chi connectivity index (χ0v) is 10.2. The molecule has 0 unspecified atom stereocenters. The molecule has 0 fully saturated rings. The van der Waals surface area contributed by atoms with Gasteiger partial charge >= 0.3 is 5.69 Å². The van der Waals surface area contributed by atoms with E-state index in [9.17, 15) is 10.1 Å². The predicted octanol–water partition coefficient (Wildman–Crippen LogP) is 1.64. The summed E-state index contributed by atoms with van der Waals surface area (Å²) < 4.78 is 9.81. The van der Waals surface area contributed by atoms with Crippen LogP contribution >= 0.6 is 0 Å². The van der Waals surface area contributed by atoms with Crippen LogP contribution in [0.25, 0.3) is 0 Å². The van der Waals surface area contributed by atoms with Crippen molar-refractivity contribution in [1.29, 1.82) is 0 Å². The molecule has 1 heterocycles. The summed E-state index contributed by atoms with van der Waals surface area (Å²) in [6, 6.07) is 4.84. The van der Waals surface area contributed by atoms with Gasteiger partial charge in [0.1, 0.15) is 5.69 Å². The van der Waals surface area contributed by atoms with Gasteiger partial charge in [0.05, 0.1) is 12.0 Å². The van der Waals surface area contributed by atoms with Gasteiger partial charge in [-0.1, -0.05) is 11.2 Å². The summed E-state index contributed by atoms with van der Waals surface area (Å²) in [5.74, 6) is 0.686. The zero-order valence-electron chi connectivity index (χ0n) is 10.2. The largest absolute Gasteiger partial charge is 0.490 e. The van der Waals surface area contributed by atoms with Crippen molar-refractivity contribution in [2.45, 2.75) is 6.42 Å². The summed E-state index contributed by atoms with van der Waals surface area (Å²) in [6.45, 7) is 0.441. The molecule has 0 radical (unpaired) electrons. The molecule has 100 valence electrons. The number of nitro benzene ring substituents is 1. The maximum atomic E-state index is 11.0. The van der Waals surface area contributed by atoms with Crippen molar-refractivity contribution < 1.29 is 14.2 Å². The molecule has 1 aromatic heterocycles. The SMILES string of the molecule is COc1cccc(NCCc2ncno2)c1[N+](=O)[O-]. The molecule has 1 aromatic carbocycles. The van der Waals surface area contributed by atoms with Crippen LogP contribution in [0.4, 0.5) is 11.4 Å². The number of benzene rings is 1. The van der Waals surface area contributed by atoms with E-state index in [1.807, 2.05) is 0 Å². The molecule has 8 heteroatoms. The average Bonchev–Trinajstić information content (AvgIpc) is 2.91. The van der Waals surface area contributed by atoms with Crippen molar-refractivity contribution in [3.05, 3.63) is 40.5 Å². The van der Waals surface area contributed by atoms with Gasteiger partial charge in [0, 0.05) is 13.0 Å². The van der Waals surface area contributed by atoms with E-state index in [0.717, 1.165) is 0 Å². The second-order valence-corrected chi connectivity index (χ2v) is 3.63. The minimum atomic E-state index is -0.478. The Kier molecular flexibility index (Phi) is 3.91. The van der Waals surface area contributed by atoms with Gasteiger partial charge in [-0.3, -0.25) is 10.1 Å². The van der Waals surface area contributed by atoms with E-state index in [4.69, 9.17) is 9.26 Å². The fourth-order valence-corrected chi connectivity index (χ4v) is 1.63. The zero-order chi connectivity index (χ0) is 13.7. The molecule has 2 aromatic rings. The molecule has 2 rings (SSSR count). The minimum Gasteiger partial charge on any atom is -0.490 e. The second-order valence-electron chi connectivity index (χ2n) is 3.63. The summed E-state index contributed by atoms with van der Waals surface area (Å²) in [6.07, 6.45) is 1.79. The van der Waals surface area contributed by atoms with Gasteiger partial charge in [-0.05, 0) is 12.1 Å². The lowest BCUT2D eigenvalue weighted by Crippen LogP contribution is -2.07. The number of methoxy groups -OCH3 is 1. The number of nitrogens with zero attached hydrogens (tertiary/aromatic N) is 3. The van der Waals surface area contributed by atoms with Crippen LogP contribution in [-0.2, 0) is 6.42 Å². The molecular weight excluding hydrogens is 252 g/mol. The van der Waals surface area contributed by atoms with Crippen LogP contribution in [0.15, 0.2) is 29.0 Å². The Morgan fingerprint density at radius 3 is 3.00 bits per heavy atom. The van der Waals surface area contributed by atoms with Gasteiger partial charge in [0.25, 0.3) is 0 Å². The van der Waals surface area contributed by atoms with Gasteiger partial charge in [-0.2, -0.15) is 4.98 Å². The van der Waals surface area contributed by atoms with E-state index in [1.165, 1.54) is 13.4 Å². The highest BCUT2D eigenvalue weighted by molar-refractivity contribution is 5.68. The molecule has 0 atom stereocenters. The fourth-order valence-electron chi connectivity index (χ4n) is 1.63. The Hall–Kier alpha value is -2.64. The Morgan fingerprint density at radius 2 is 2.37 bits per heavy atom. The topological polar surface area (TPSA) is 103 Å². The molecule has 19 heavy (non-hydrogen) atoms. The number of hydrogen-bond donors (Lipinski definition) is 1. The normalized spacial score (nSPS) is 10.2. The monoisotopic (exact) mass is 264 g/mol. The first-order chi connectivity index (χ1) is 9.22. The summed E-state index contributed by atoms with van der Waals surface area (Å²) in [5.41, 5.74) is 0.305. The third-order valence-electron chi connectivity index (χ3n) is 2.46. The van der Waals surface area contributed by atoms with Crippen molar-refractivity contribution in [2.75, 3.05) is 19.0 Å². The van der Waals surface area contributed by atoms with Crippen molar-refractivity contribution in [2.24, 2.45) is 0 Å². The highest BCUT2D eigenvalue weighted by Gasteiger charge is 2.20. The van der Waals surface area contributed by atoms with E-state index in [2.05, 4.69) is 15.5 Å². The Balaban J connectivity index is 2.09. The molecule has 0 aliphatic rings. The van der Waals surface area contributed by atoms with Crippen LogP contribution in [0.3, 0.4) is 0 Å². The summed E-state index contributed by atoms with van der Waals surface area (Å²) >= 11 is 0. The van der Waals surface area contributed by atoms with Crippen LogP contribution < -0.4 is 10.1 Å². The lowest BCUT2D eigenvalue weighted by Gasteiger charge is -2.08. The number of nitrogens with one attached hydrogen (secondary N) is 1. The van der Waals surface area contributed by atoms with Gasteiger partial charge in [-0.25, -0.2) is 0 Å². The fraction of sp³-hybridized carbons (Fsp3) is 0.273. The van der Waals surface area contributed by atoms with Gasteiger partial charge in [0.15, 0.2) is 12.1 Å². The minimum absolute atomic E-state index is 0.0875. The second kappa shape index (κ2) is 5.80. The number of rotatable bonds is 6. The molecule has 0 aliphatic carbocycles. The maximum Gasteiger partial charge on any atom is 0.333 e. The molecule has 0 spiro atoms. The van der Waals surface area contributed by atoms with E-state index >= 15 is 0 Å². The van der Waals surface area contributed by atoms with Crippen molar-refractivity contribution >= 4 is 11.4 Å². The molecule has 0 bridgehead atoms. The first-order valence-corrected chi connectivity index (χ1v) is 5.53. The first kappa shape index (κ1) is 12.8. The van der Waals surface area contributed by atoms with E-state index < -0.39 is 4.92 Å².